The standard InChI is InChI=1S/C22H27ClN4O/c1-5-14(6-2)24-21-17-8-7-9-19(17)25-22-20(13(3)26-27(21)22)16-11-10-15(28-4)12-18(16)23/h10-12,14,24H,5-9H2,1-4H3. The van der Waals surface area contributed by atoms with E-state index in [1.165, 1.54) is 11.3 Å². The molecule has 0 saturated heterocycles. The molecule has 0 bridgehead atoms. The van der Waals surface area contributed by atoms with Crippen molar-refractivity contribution in [1.82, 2.24) is 14.6 Å². The van der Waals surface area contributed by atoms with E-state index in [1.807, 2.05) is 29.6 Å². The van der Waals surface area contributed by atoms with Gasteiger partial charge in [0.05, 0.1) is 23.4 Å². The fourth-order valence-electron chi connectivity index (χ4n) is 4.11. The number of anilines is 1. The van der Waals surface area contributed by atoms with Crippen molar-refractivity contribution in [2.24, 2.45) is 0 Å². The van der Waals surface area contributed by atoms with Crippen molar-refractivity contribution in [2.75, 3.05) is 12.4 Å². The highest BCUT2D eigenvalue weighted by atomic mass is 35.5. The molecule has 0 amide bonds. The molecule has 5 nitrogen and oxygen atoms in total. The average Bonchev–Trinajstić information content (AvgIpc) is 3.29. The van der Waals surface area contributed by atoms with E-state index in [9.17, 15) is 0 Å². The van der Waals surface area contributed by atoms with E-state index in [1.54, 1.807) is 7.11 Å². The van der Waals surface area contributed by atoms with Crippen LogP contribution >= 0.6 is 11.6 Å². The maximum Gasteiger partial charge on any atom is 0.165 e. The lowest BCUT2D eigenvalue weighted by molar-refractivity contribution is 0.415. The van der Waals surface area contributed by atoms with Crippen LogP contribution < -0.4 is 10.1 Å². The summed E-state index contributed by atoms with van der Waals surface area (Å²) in [5, 5.41) is 9.28. The molecule has 4 rings (SSSR count). The predicted octanol–water partition coefficient (Wildman–Crippen LogP) is 5.46. The molecule has 28 heavy (non-hydrogen) atoms. The molecule has 0 fully saturated rings. The number of hydrogen-bond acceptors (Lipinski definition) is 4. The molecule has 1 aliphatic rings. The summed E-state index contributed by atoms with van der Waals surface area (Å²) in [7, 11) is 1.65. The summed E-state index contributed by atoms with van der Waals surface area (Å²) in [5.41, 5.74) is 6.24. The van der Waals surface area contributed by atoms with Crippen LogP contribution in [0.4, 0.5) is 5.82 Å². The summed E-state index contributed by atoms with van der Waals surface area (Å²) < 4.78 is 7.30. The van der Waals surface area contributed by atoms with Gasteiger partial charge in [0.2, 0.25) is 0 Å². The minimum Gasteiger partial charge on any atom is -0.497 e. The summed E-state index contributed by atoms with van der Waals surface area (Å²) in [6, 6.07) is 6.19. The van der Waals surface area contributed by atoms with E-state index in [4.69, 9.17) is 26.4 Å². The lowest BCUT2D eigenvalue weighted by atomic mass is 10.1. The maximum atomic E-state index is 6.60. The van der Waals surface area contributed by atoms with Crippen molar-refractivity contribution in [2.45, 2.75) is 58.9 Å². The number of methoxy groups -OCH3 is 1. The van der Waals surface area contributed by atoms with Crippen LogP contribution in [0.2, 0.25) is 5.02 Å². The number of rotatable bonds is 6. The molecule has 148 valence electrons. The Balaban J connectivity index is 1.94. The zero-order valence-corrected chi connectivity index (χ0v) is 17.7. The Hall–Kier alpha value is -2.27. The van der Waals surface area contributed by atoms with E-state index in [0.29, 0.717) is 11.1 Å². The van der Waals surface area contributed by atoms with E-state index < -0.39 is 0 Å². The zero-order chi connectivity index (χ0) is 19.8. The molecule has 0 saturated carbocycles. The second-order valence-electron chi connectivity index (χ2n) is 7.44. The normalized spacial score (nSPS) is 13.4. The van der Waals surface area contributed by atoms with Crippen molar-refractivity contribution in [3.63, 3.8) is 0 Å². The van der Waals surface area contributed by atoms with Crippen LogP contribution in [0.25, 0.3) is 16.8 Å². The smallest absolute Gasteiger partial charge is 0.165 e. The molecule has 1 aliphatic carbocycles. The molecule has 0 radical (unpaired) electrons. The van der Waals surface area contributed by atoms with E-state index in [-0.39, 0.29) is 0 Å². The van der Waals surface area contributed by atoms with Crippen LogP contribution in [0, 0.1) is 6.92 Å². The van der Waals surface area contributed by atoms with Gasteiger partial charge in [-0.2, -0.15) is 9.61 Å². The quantitative estimate of drug-likeness (QED) is 0.599. The number of nitrogens with zero attached hydrogens (tertiary/aromatic N) is 3. The van der Waals surface area contributed by atoms with Gasteiger partial charge in [-0.05, 0) is 57.2 Å². The van der Waals surface area contributed by atoms with Crippen molar-refractivity contribution in [1.29, 1.82) is 0 Å². The second-order valence-corrected chi connectivity index (χ2v) is 7.85. The lowest BCUT2D eigenvalue weighted by Crippen LogP contribution is -2.21. The van der Waals surface area contributed by atoms with Gasteiger partial charge in [-0.15, -0.1) is 0 Å². The first-order valence-corrected chi connectivity index (χ1v) is 10.5. The molecule has 0 spiro atoms. The number of ether oxygens (including phenoxy) is 1. The van der Waals surface area contributed by atoms with E-state index in [0.717, 1.165) is 66.1 Å². The Morgan fingerprint density at radius 2 is 2.04 bits per heavy atom. The first-order valence-electron chi connectivity index (χ1n) is 10.1. The van der Waals surface area contributed by atoms with Gasteiger partial charge < -0.3 is 10.1 Å². The van der Waals surface area contributed by atoms with Crippen LogP contribution in [0.15, 0.2) is 18.2 Å². The molecule has 0 aliphatic heterocycles. The Bertz CT molecular complexity index is 1020. The fourth-order valence-corrected chi connectivity index (χ4v) is 4.38. The van der Waals surface area contributed by atoms with Gasteiger partial charge in [0.15, 0.2) is 5.65 Å². The van der Waals surface area contributed by atoms with Crippen LogP contribution in [0.5, 0.6) is 5.75 Å². The van der Waals surface area contributed by atoms with Crippen molar-refractivity contribution in [3.8, 4) is 16.9 Å². The topological polar surface area (TPSA) is 51.5 Å². The van der Waals surface area contributed by atoms with Crippen LogP contribution in [0.1, 0.15) is 50.1 Å². The van der Waals surface area contributed by atoms with Gasteiger partial charge in [-0.25, -0.2) is 4.98 Å². The van der Waals surface area contributed by atoms with Crippen LogP contribution in [-0.4, -0.2) is 27.7 Å². The summed E-state index contributed by atoms with van der Waals surface area (Å²) in [6.07, 6.45) is 5.37. The number of fused-ring (bicyclic) bond motifs is 2. The highest BCUT2D eigenvalue weighted by Crippen LogP contribution is 2.38. The first-order chi connectivity index (χ1) is 13.6. The molecule has 0 unspecified atom stereocenters. The van der Waals surface area contributed by atoms with Gasteiger partial charge in [0.25, 0.3) is 0 Å². The molecule has 2 heterocycles. The molecule has 3 aromatic rings. The van der Waals surface area contributed by atoms with E-state index >= 15 is 0 Å². The van der Waals surface area contributed by atoms with Gasteiger partial charge >= 0.3 is 0 Å². The van der Waals surface area contributed by atoms with Gasteiger partial charge in [-0.1, -0.05) is 25.4 Å². The molecule has 6 heteroatoms. The van der Waals surface area contributed by atoms with E-state index in [2.05, 4.69) is 19.2 Å². The number of halogens is 1. The number of aromatic nitrogens is 3. The average molecular weight is 399 g/mol. The molecule has 0 atom stereocenters. The molecular formula is C22H27ClN4O. The molecule has 1 aromatic carbocycles. The third kappa shape index (κ3) is 3.12. The van der Waals surface area contributed by atoms with Crippen LogP contribution in [-0.2, 0) is 12.8 Å². The Kier molecular flexibility index (Phi) is 5.19. The SMILES string of the molecule is CCC(CC)Nc1c2c(nc3c(-c4ccc(OC)cc4Cl)c(C)nn13)CCC2. The summed E-state index contributed by atoms with van der Waals surface area (Å²) in [6.45, 7) is 6.46. The molecular weight excluding hydrogens is 372 g/mol. The van der Waals surface area contributed by atoms with Crippen molar-refractivity contribution >= 4 is 23.1 Å². The monoisotopic (exact) mass is 398 g/mol. The fraction of sp³-hybridized carbons (Fsp3) is 0.455. The zero-order valence-electron chi connectivity index (χ0n) is 17.0. The highest BCUT2D eigenvalue weighted by molar-refractivity contribution is 6.33. The van der Waals surface area contributed by atoms with Crippen molar-refractivity contribution in [3.05, 3.63) is 40.2 Å². The summed E-state index contributed by atoms with van der Waals surface area (Å²) >= 11 is 6.60. The number of hydrogen-bond donors (Lipinski definition) is 1. The highest BCUT2D eigenvalue weighted by Gasteiger charge is 2.25. The minimum atomic E-state index is 0.424. The first kappa shape index (κ1) is 19.1. The Morgan fingerprint density at radius 1 is 1.25 bits per heavy atom. The summed E-state index contributed by atoms with van der Waals surface area (Å²) in [5.74, 6) is 1.85. The third-order valence-corrected chi connectivity index (χ3v) is 6.05. The predicted molar refractivity (Wildman–Crippen MR) is 115 cm³/mol. The second kappa shape index (κ2) is 7.63. The number of nitrogens with one attached hydrogen (secondary N) is 1. The number of aryl methyl sites for hydroxylation is 2. The minimum absolute atomic E-state index is 0.424. The Morgan fingerprint density at radius 3 is 2.71 bits per heavy atom. The Labute approximate surface area is 171 Å². The molecule has 1 N–H and O–H groups in total. The third-order valence-electron chi connectivity index (χ3n) is 5.74. The maximum absolute atomic E-state index is 6.60. The summed E-state index contributed by atoms with van der Waals surface area (Å²) in [4.78, 5) is 5.03. The lowest BCUT2D eigenvalue weighted by Gasteiger charge is -2.19. The van der Waals surface area contributed by atoms with Gasteiger partial charge in [0, 0.05) is 22.9 Å². The van der Waals surface area contributed by atoms with Crippen LogP contribution in [0.3, 0.4) is 0 Å². The van der Waals surface area contributed by atoms with Gasteiger partial charge in [0.1, 0.15) is 11.6 Å². The largest absolute Gasteiger partial charge is 0.497 e. The van der Waals surface area contributed by atoms with Crippen molar-refractivity contribution < 1.29 is 4.74 Å². The molecule has 2 aromatic heterocycles. The number of benzene rings is 1. The van der Waals surface area contributed by atoms with Gasteiger partial charge in [-0.3, -0.25) is 0 Å².